The Kier molecular flexibility index (Phi) is 4.20. The van der Waals surface area contributed by atoms with Crippen LogP contribution in [0, 0.1) is 0 Å². The van der Waals surface area contributed by atoms with Gasteiger partial charge in [-0.2, -0.15) is 0 Å². The summed E-state index contributed by atoms with van der Waals surface area (Å²) in [7, 11) is -3.68. The van der Waals surface area contributed by atoms with Gasteiger partial charge in [0.15, 0.2) is 11.0 Å². The summed E-state index contributed by atoms with van der Waals surface area (Å²) in [4.78, 5) is 0.173. The number of nitrogens with one attached hydrogen (secondary N) is 1. The molecule has 0 bridgehead atoms. The monoisotopic (exact) mass is 325 g/mol. The van der Waals surface area contributed by atoms with Gasteiger partial charge in [0, 0.05) is 0 Å². The molecular formula is C14H16ClN3O2S. The highest BCUT2D eigenvalue weighted by Crippen LogP contribution is 2.24. The highest BCUT2D eigenvalue weighted by molar-refractivity contribution is 7.92. The van der Waals surface area contributed by atoms with E-state index in [-0.39, 0.29) is 21.3 Å². The molecule has 1 aromatic heterocycles. The smallest absolute Gasteiger partial charge is 0.262 e. The molecule has 1 N–H and O–H groups in total. The second-order valence-electron chi connectivity index (χ2n) is 5.62. The first-order valence-corrected chi connectivity index (χ1v) is 8.17. The Bertz CT molecular complexity index is 720. The number of rotatable bonds is 3. The Labute approximate surface area is 129 Å². The van der Waals surface area contributed by atoms with Crippen molar-refractivity contribution in [1.29, 1.82) is 0 Å². The van der Waals surface area contributed by atoms with E-state index in [9.17, 15) is 8.42 Å². The zero-order chi connectivity index (χ0) is 15.7. The molecule has 21 heavy (non-hydrogen) atoms. The first-order chi connectivity index (χ1) is 9.68. The van der Waals surface area contributed by atoms with Gasteiger partial charge in [0.25, 0.3) is 10.0 Å². The Morgan fingerprint density at radius 3 is 2.10 bits per heavy atom. The largest absolute Gasteiger partial charge is 0.263 e. The minimum absolute atomic E-state index is 0.0304. The molecular weight excluding hydrogens is 310 g/mol. The van der Waals surface area contributed by atoms with Crippen LogP contribution in [0.2, 0.25) is 5.15 Å². The van der Waals surface area contributed by atoms with Gasteiger partial charge in [-0.1, -0.05) is 44.5 Å². The molecule has 1 heterocycles. The molecule has 0 aliphatic rings. The molecule has 5 nitrogen and oxygen atoms in total. The summed E-state index contributed by atoms with van der Waals surface area (Å²) in [6.07, 6.45) is 0. The molecule has 7 heteroatoms. The number of aromatic nitrogens is 2. The standard InChI is InChI=1S/C14H16ClN3O2S/c1-14(2,3)10-4-6-11(7-5-10)21(19,20)18-13-9-8-12(15)16-17-13/h4-9H,1-3H3,(H,17,18). The molecule has 112 valence electrons. The topological polar surface area (TPSA) is 72.0 Å². The van der Waals surface area contributed by atoms with Crippen LogP contribution in [0.25, 0.3) is 0 Å². The first kappa shape index (κ1) is 15.7. The van der Waals surface area contributed by atoms with E-state index in [0.717, 1.165) is 5.56 Å². The van der Waals surface area contributed by atoms with Crippen molar-refractivity contribution in [2.24, 2.45) is 0 Å². The van der Waals surface area contributed by atoms with Crippen LogP contribution < -0.4 is 4.72 Å². The molecule has 0 aliphatic heterocycles. The lowest BCUT2D eigenvalue weighted by Crippen LogP contribution is -2.15. The van der Waals surface area contributed by atoms with Crippen molar-refractivity contribution >= 4 is 27.4 Å². The van der Waals surface area contributed by atoms with Crippen molar-refractivity contribution in [2.45, 2.75) is 31.1 Å². The molecule has 0 fully saturated rings. The number of halogens is 1. The lowest BCUT2D eigenvalue weighted by Gasteiger charge is -2.19. The van der Waals surface area contributed by atoms with Crippen molar-refractivity contribution < 1.29 is 8.42 Å². The van der Waals surface area contributed by atoms with E-state index in [0.29, 0.717) is 0 Å². The summed E-state index contributed by atoms with van der Waals surface area (Å²) < 4.78 is 26.8. The van der Waals surface area contributed by atoms with E-state index < -0.39 is 10.0 Å². The van der Waals surface area contributed by atoms with Gasteiger partial charge in [-0.15, -0.1) is 10.2 Å². The molecule has 0 saturated heterocycles. The van der Waals surface area contributed by atoms with E-state index in [1.54, 1.807) is 12.1 Å². The molecule has 2 rings (SSSR count). The van der Waals surface area contributed by atoms with E-state index in [4.69, 9.17) is 11.6 Å². The predicted octanol–water partition coefficient (Wildman–Crippen LogP) is 3.23. The van der Waals surface area contributed by atoms with Crippen molar-refractivity contribution in [1.82, 2.24) is 10.2 Å². The third kappa shape index (κ3) is 3.92. The maximum atomic E-state index is 12.2. The first-order valence-electron chi connectivity index (χ1n) is 6.31. The number of nitrogens with zero attached hydrogens (tertiary/aromatic N) is 2. The zero-order valence-corrected chi connectivity index (χ0v) is 13.5. The summed E-state index contributed by atoms with van der Waals surface area (Å²) in [5.41, 5.74) is 1.03. The van der Waals surface area contributed by atoms with E-state index >= 15 is 0 Å². The quantitative estimate of drug-likeness (QED) is 0.940. The second-order valence-corrected chi connectivity index (χ2v) is 7.69. The molecule has 0 spiro atoms. The molecule has 0 unspecified atom stereocenters. The fraction of sp³-hybridized carbons (Fsp3) is 0.286. The number of hydrogen-bond acceptors (Lipinski definition) is 4. The molecule has 0 radical (unpaired) electrons. The third-order valence-corrected chi connectivity index (χ3v) is 4.47. The lowest BCUT2D eigenvalue weighted by molar-refractivity contribution is 0.587. The number of benzene rings is 1. The molecule has 0 atom stereocenters. The molecule has 0 saturated carbocycles. The number of hydrogen-bond donors (Lipinski definition) is 1. The molecule has 0 aliphatic carbocycles. The van der Waals surface area contributed by atoms with Gasteiger partial charge in [-0.25, -0.2) is 8.42 Å². The highest BCUT2D eigenvalue weighted by Gasteiger charge is 2.18. The maximum Gasteiger partial charge on any atom is 0.263 e. The van der Waals surface area contributed by atoms with E-state index in [1.807, 2.05) is 12.1 Å². The van der Waals surface area contributed by atoms with Gasteiger partial charge < -0.3 is 0 Å². The van der Waals surface area contributed by atoms with Crippen LogP contribution in [0.15, 0.2) is 41.3 Å². The predicted molar refractivity (Wildman–Crippen MR) is 83.0 cm³/mol. The van der Waals surface area contributed by atoms with Crippen LogP contribution in [-0.4, -0.2) is 18.6 Å². The number of sulfonamides is 1. The van der Waals surface area contributed by atoms with Crippen LogP contribution in [0.3, 0.4) is 0 Å². The summed E-state index contributed by atoms with van der Waals surface area (Å²) in [6.45, 7) is 6.20. The highest BCUT2D eigenvalue weighted by atomic mass is 35.5. The average Bonchev–Trinajstić information content (AvgIpc) is 2.40. The van der Waals surface area contributed by atoms with Gasteiger partial charge >= 0.3 is 0 Å². The van der Waals surface area contributed by atoms with E-state index in [1.165, 1.54) is 12.1 Å². The van der Waals surface area contributed by atoms with E-state index in [2.05, 4.69) is 35.7 Å². The van der Waals surface area contributed by atoms with Gasteiger partial charge in [0.1, 0.15) is 0 Å². The van der Waals surface area contributed by atoms with Gasteiger partial charge in [-0.05, 0) is 35.2 Å². The Morgan fingerprint density at radius 1 is 1.00 bits per heavy atom. The molecule has 1 aromatic carbocycles. The van der Waals surface area contributed by atoms with Gasteiger partial charge in [-0.3, -0.25) is 4.72 Å². The van der Waals surface area contributed by atoms with Crippen molar-refractivity contribution in [3.05, 3.63) is 47.1 Å². The van der Waals surface area contributed by atoms with Crippen LogP contribution in [0.5, 0.6) is 0 Å². The Balaban J connectivity index is 2.25. The summed E-state index contributed by atoms with van der Waals surface area (Å²) in [6, 6.07) is 9.69. The van der Waals surface area contributed by atoms with Gasteiger partial charge in [0.2, 0.25) is 0 Å². The van der Waals surface area contributed by atoms with Crippen LogP contribution in [0.1, 0.15) is 26.3 Å². The Hall–Kier alpha value is -1.66. The second kappa shape index (κ2) is 5.61. The Morgan fingerprint density at radius 2 is 1.62 bits per heavy atom. The molecule has 0 amide bonds. The average molecular weight is 326 g/mol. The molecule has 2 aromatic rings. The lowest BCUT2D eigenvalue weighted by atomic mass is 9.87. The van der Waals surface area contributed by atoms with Crippen molar-refractivity contribution in [3.8, 4) is 0 Å². The number of anilines is 1. The van der Waals surface area contributed by atoms with Crippen LogP contribution in [-0.2, 0) is 15.4 Å². The normalized spacial score (nSPS) is 12.2. The van der Waals surface area contributed by atoms with Crippen LogP contribution in [0.4, 0.5) is 5.82 Å². The zero-order valence-electron chi connectivity index (χ0n) is 12.0. The minimum atomic E-state index is -3.68. The van der Waals surface area contributed by atoms with Crippen LogP contribution >= 0.6 is 11.6 Å². The third-order valence-electron chi connectivity index (χ3n) is 2.90. The summed E-state index contributed by atoms with van der Waals surface area (Å²) in [5, 5.41) is 7.47. The SMILES string of the molecule is CC(C)(C)c1ccc(S(=O)(=O)Nc2ccc(Cl)nn2)cc1. The minimum Gasteiger partial charge on any atom is -0.262 e. The fourth-order valence-electron chi connectivity index (χ4n) is 1.70. The van der Waals surface area contributed by atoms with Crippen molar-refractivity contribution in [2.75, 3.05) is 4.72 Å². The fourth-order valence-corrected chi connectivity index (χ4v) is 2.80. The summed E-state index contributed by atoms with van der Waals surface area (Å²) >= 11 is 5.61. The maximum absolute atomic E-state index is 12.2. The van der Waals surface area contributed by atoms with Gasteiger partial charge in [0.05, 0.1) is 4.90 Å². The summed E-state index contributed by atoms with van der Waals surface area (Å²) in [5.74, 6) is 0.124. The van der Waals surface area contributed by atoms with Crippen molar-refractivity contribution in [3.63, 3.8) is 0 Å².